The van der Waals surface area contributed by atoms with Crippen molar-refractivity contribution in [3.63, 3.8) is 0 Å². The summed E-state index contributed by atoms with van der Waals surface area (Å²) in [6.07, 6.45) is -3.64. The van der Waals surface area contributed by atoms with E-state index in [-0.39, 0.29) is 13.2 Å². The first kappa shape index (κ1) is 22.4. The molecule has 1 spiro atoms. The van der Waals surface area contributed by atoms with Crippen molar-refractivity contribution in [2.75, 3.05) is 13.2 Å². The molecule has 2 fully saturated rings. The number of azide groups is 1. The molecule has 0 radical (unpaired) electrons. The van der Waals surface area contributed by atoms with Gasteiger partial charge in [-0.25, -0.2) is 0 Å². The van der Waals surface area contributed by atoms with Crippen molar-refractivity contribution in [3.8, 4) is 0 Å². The molecule has 160 valence electrons. The van der Waals surface area contributed by atoms with Gasteiger partial charge >= 0.3 is 17.9 Å². The van der Waals surface area contributed by atoms with Gasteiger partial charge in [-0.3, -0.25) is 19.2 Å². The fourth-order valence-corrected chi connectivity index (χ4v) is 3.31. The van der Waals surface area contributed by atoms with E-state index in [1.807, 2.05) is 0 Å². The number of ether oxygens (including phenoxy) is 5. The van der Waals surface area contributed by atoms with E-state index in [2.05, 4.69) is 15.3 Å². The van der Waals surface area contributed by atoms with Gasteiger partial charge in [-0.15, -0.1) is 0 Å². The van der Waals surface area contributed by atoms with Gasteiger partial charge in [0.15, 0.2) is 12.2 Å². The Hall–Kier alpha value is -2.89. The summed E-state index contributed by atoms with van der Waals surface area (Å²) in [5, 5.41) is 6.18. The van der Waals surface area contributed by atoms with Gasteiger partial charge in [-0.2, -0.15) is 0 Å². The molecular weight excluding hydrogens is 392 g/mol. The van der Waals surface area contributed by atoms with Crippen LogP contribution in [-0.4, -0.2) is 73.2 Å². The van der Waals surface area contributed by atoms with Crippen LogP contribution < -0.4 is 5.32 Å². The molecule has 29 heavy (non-hydrogen) atoms. The van der Waals surface area contributed by atoms with Gasteiger partial charge in [0, 0.05) is 32.6 Å². The summed E-state index contributed by atoms with van der Waals surface area (Å²) in [7, 11) is 0. The Bertz CT molecular complexity index is 738. The Kier molecular flexibility index (Phi) is 7.01. The number of hydrogen-bond acceptors (Lipinski definition) is 10. The number of hydrogen-bond donors (Lipinski definition) is 1. The lowest BCUT2D eigenvalue weighted by Gasteiger charge is -2.58. The predicted octanol–water partition coefficient (Wildman–Crippen LogP) is -0.278. The molecule has 0 bridgehead atoms. The second kappa shape index (κ2) is 9.07. The minimum absolute atomic E-state index is 0.0224. The van der Waals surface area contributed by atoms with Crippen LogP contribution in [0.3, 0.4) is 0 Å². The fourth-order valence-electron chi connectivity index (χ4n) is 3.31. The maximum atomic E-state index is 11.8. The van der Waals surface area contributed by atoms with Crippen LogP contribution in [0, 0.1) is 0 Å². The van der Waals surface area contributed by atoms with E-state index >= 15 is 0 Å². The average Bonchev–Trinajstić information content (AvgIpc) is 2.59. The summed E-state index contributed by atoms with van der Waals surface area (Å²) in [5.74, 6) is -4.31. The molecular formula is C16H22N4O9. The summed E-state index contributed by atoms with van der Waals surface area (Å²) in [5.41, 5.74) is 8.84. The highest BCUT2D eigenvalue weighted by Gasteiger charge is 2.66. The summed E-state index contributed by atoms with van der Waals surface area (Å²) >= 11 is 0. The van der Waals surface area contributed by atoms with Crippen molar-refractivity contribution in [2.45, 2.75) is 63.9 Å². The van der Waals surface area contributed by atoms with Crippen LogP contribution in [0.25, 0.3) is 10.4 Å². The second-order valence-electron chi connectivity index (χ2n) is 6.54. The first-order chi connectivity index (χ1) is 13.6. The number of nitrogens with zero attached hydrogens (tertiary/aromatic N) is 3. The highest BCUT2D eigenvalue weighted by atomic mass is 16.7. The van der Waals surface area contributed by atoms with E-state index in [0.29, 0.717) is 0 Å². The number of amides is 1. The lowest BCUT2D eigenvalue weighted by Crippen LogP contribution is -2.79. The Labute approximate surface area is 165 Å². The summed E-state index contributed by atoms with van der Waals surface area (Å²) in [6, 6.07) is -2.06. The molecule has 0 saturated carbocycles. The fraction of sp³-hybridized carbons (Fsp3) is 0.750. The number of nitrogens with one attached hydrogen (secondary N) is 1. The number of carbonyl (C=O) groups is 4. The zero-order valence-corrected chi connectivity index (χ0v) is 16.3. The third kappa shape index (κ3) is 4.94. The van der Waals surface area contributed by atoms with E-state index in [1.165, 1.54) is 13.8 Å². The Morgan fingerprint density at radius 2 is 1.72 bits per heavy atom. The highest BCUT2D eigenvalue weighted by molar-refractivity contribution is 5.74. The summed E-state index contributed by atoms with van der Waals surface area (Å²) in [6.45, 7) is 4.26. The van der Waals surface area contributed by atoms with Gasteiger partial charge in [0.25, 0.3) is 0 Å². The van der Waals surface area contributed by atoms with Crippen LogP contribution in [0.1, 0.15) is 27.7 Å². The first-order valence-corrected chi connectivity index (χ1v) is 8.71. The van der Waals surface area contributed by atoms with Gasteiger partial charge < -0.3 is 29.0 Å². The Morgan fingerprint density at radius 3 is 2.17 bits per heavy atom. The van der Waals surface area contributed by atoms with Gasteiger partial charge in [0.2, 0.25) is 11.7 Å². The zero-order valence-electron chi connectivity index (χ0n) is 16.3. The minimum Gasteiger partial charge on any atom is -0.463 e. The smallest absolute Gasteiger partial charge is 0.303 e. The molecule has 0 aromatic rings. The third-order valence-electron chi connectivity index (χ3n) is 4.32. The molecule has 2 rings (SSSR count). The van der Waals surface area contributed by atoms with Crippen molar-refractivity contribution in [1.82, 2.24) is 5.32 Å². The van der Waals surface area contributed by atoms with Crippen LogP contribution in [-0.2, 0) is 42.9 Å². The van der Waals surface area contributed by atoms with Crippen molar-refractivity contribution < 1.29 is 42.9 Å². The predicted molar refractivity (Wildman–Crippen MR) is 91.8 cm³/mol. The lowest BCUT2D eigenvalue weighted by molar-refractivity contribution is -0.390. The standard InChI is InChI=1S/C16H22N4O9/c1-7(21)18-15-14(28-10(4)24)13(27-9(3)23)11(5-25-8(2)22)29-16(15)12(6-26-16)19-20-17/h11-15H,5-6H2,1-4H3,(H,18,21). The van der Waals surface area contributed by atoms with Crippen LogP contribution in [0.4, 0.5) is 0 Å². The maximum Gasteiger partial charge on any atom is 0.303 e. The van der Waals surface area contributed by atoms with Crippen LogP contribution in [0.2, 0.25) is 0 Å². The monoisotopic (exact) mass is 414 g/mol. The normalized spacial score (nSPS) is 32.9. The molecule has 1 N–H and O–H groups in total. The van der Waals surface area contributed by atoms with Crippen LogP contribution in [0.15, 0.2) is 5.11 Å². The average molecular weight is 414 g/mol. The van der Waals surface area contributed by atoms with Crippen molar-refractivity contribution in [2.24, 2.45) is 5.11 Å². The molecule has 2 aliphatic heterocycles. The number of carbonyl (C=O) groups excluding carboxylic acids is 4. The molecule has 0 aromatic carbocycles. The molecule has 1 amide bonds. The Balaban J connectivity index is 2.52. The molecule has 2 aliphatic rings. The molecule has 2 heterocycles. The van der Waals surface area contributed by atoms with Gasteiger partial charge in [-0.1, -0.05) is 5.11 Å². The number of rotatable bonds is 6. The second-order valence-corrected chi connectivity index (χ2v) is 6.54. The van der Waals surface area contributed by atoms with Crippen molar-refractivity contribution in [1.29, 1.82) is 0 Å². The number of esters is 3. The van der Waals surface area contributed by atoms with E-state index < -0.39 is 60.0 Å². The van der Waals surface area contributed by atoms with Gasteiger partial charge in [0.05, 0.1) is 6.61 Å². The topological polar surface area (TPSA) is 175 Å². The summed E-state index contributed by atoms with van der Waals surface area (Å²) < 4.78 is 27.1. The van der Waals surface area contributed by atoms with Gasteiger partial charge in [0.1, 0.15) is 24.8 Å². The van der Waals surface area contributed by atoms with E-state index in [1.54, 1.807) is 0 Å². The SMILES string of the molecule is CC(=O)NC1C(OC(C)=O)C(OC(C)=O)C(COC(C)=O)OC12OCC2N=[N+]=[N-]. The highest BCUT2D eigenvalue weighted by Crippen LogP contribution is 2.43. The molecule has 0 aromatic heterocycles. The largest absolute Gasteiger partial charge is 0.463 e. The molecule has 6 unspecified atom stereocenters. The van der Waals surface area contributed by atoms with E-state index in [9.17, 15) is 19.2 Å². The zero-order chi connectivity index (χ0) is 21.8. The molecule has 13 heteroatoms. The van der Waals surface area contributed by atoms with Crippen molar-refractivity contribution >= 4 is 23.8 Å². The lowest BCUT2D eigenvalue weighted by atomic mass is 9.83. The molecule has 13 nitrogen and oxygen atoms in total. The van der Waals surface area contributed by atoms with Crippen molar-refractivity contribution in [3.05, 3.63) is 10.4 Å². The van der Waals surface area contributed by atoms with Crippen LogP contribution in [0.5, 0.6) is 0 Å². The summed E-state index contributed by atoms with van der Waals surface area (Å²) in [4.78, 5) is 49.2. The Morgan fingerprint density at radius 1 is 1.10 bits per heavy atom. The maximum absolute atomic E-state index is 11.8. The third-order valence-corrected chi connectivity index (χ3v) is 4.32. The van der Waals surface area contributed by atoms with Gasteiger partial charge in [-0.05, 0) is 5.53 Å². The quantitative estimate of drug-likeness (QED) is 0.201. The molecule has 0 aliphatic carbocycles. The molecule has 2 saturated heterocycles. The molecule has 6 atom stereocenters. The van der Waals surface area contributed by atoms with E-state index in [4.69, 9.17) is 29.2 Å². The van der Waals surface area contributed by atoms with E-state index in [0.717, 1.165) is 13.8 Å². The van der Waals surface area contributed by atoms with Crippen LogP contribution >= 0.6 is 0 Å². The minimum atomic E-state index is -1.71. The first-order valence-electron chi connectivity index (χ1n) is 8.71.